The van der Waals surface area contributed by atoms with Crippen molar-refractivity contribution in [1.29, 1.82) is 0 Å². The minimum atomic E-state index is 0.00412. The first-order chi connectivity index (χ1) is 9.15. The molecule has 0 saturated heterocycles. The predicted octanol–water partition coefficient (Wildman–Crippen LogP) is 2.14. The summed E-state index contributed by atoms with van der Waals surface area (Å²) in [5.41, 5.74) is 5.91. The van der Waals surface area contributed by atoms with Gasteiger partial charge in [-0.25, -0.2) is 0 Å². The number of benzene rings is 1. The van der Waals surface area contributed by atoms with Gasteiger partial charge in [-0.05, 0) is 43.0 Å². The molecule has 0 aliphatic rings. The lowest BCUT2D eigenvalue weighted by Gasteiger charge is -2.12. The minimum Gasteiger partial charge on any atom is -0.494 e. The Morgan fingerprint density at radius 1 is 1.32 bits per heavy atom. The average Bonchev–Trinajstić information content (AvgIpc) is 2.42. The molecule has 2 aromatic rings. The molecule has 4 heteroatoms. The van der Waals surface area contributed by atoms with E-state index in [0.29, 0.717) is 18.5 Å². The van der Waals surface area contributed by atoms with Crippen molar-refractivity contribution in [3.63, 3.8) is 0 Å². The van der Waals surface area contributed by atoms with Crippen LogP contribution in [-0.2, 0) is 6.54 Å². The molecule has 4 nitrogen and oxygen atoms in total. The van der Waals surface area contributed by atoms with E-state index in [1.165, 1.54) is 0 Å². The summed E-state index contributed by atoms with van der Waals surface area (Å²) >= 11 is 0. The number of aromatic nitrogens is 1. The van der Waals surface area contributed by atoms with E-state index in [9.17, 15) is 4.79 Å². The summed E-state index contributed by atoms with van der Waals surface area (Å²) in [6.45, 7) is 5.13. The molecule has 0 amide bonds. The average molecular weight is 260 g/mol. The van der Waals surface area contributed by atoms with Gasteiger partial charge in [0, 0.05) is 24.2 Å². The zero-order valence-electron chi connectivity index (χ0n) is 11.4. The smallest absolute Gasteiger partial charge is 0.258 e. The van der Waals surface area contributed by atoms with Crippen molar-refractivity contribution in [2.75, 3.05) is 6.61 Å². The Bertz CT molecular complexity index is 619. The van der Waals surface area contributed by atoms with Gasteiger partial charge in [0.1, 0.15) is 5.75 Å². The van der Waals surface area contributed by atoms with Crippen LogP contribution in [0.4, 0.5) is 0 Å². The van der Waals surface area contributed by atoms with Crippen LogP contribution < -0.4 is 16.0 Å². The lowest BCUT2D eigenvalue weighted by Crippen LogP contribution is -2.31. The maximum absolute atomic E-state index is 12.3. The van der Waals surface area contributed by atoms with Gasteiger partial charge in [-0.3, -0.25) is 4.79 Å². The Morgan fingerprint density at radius 2 is 2.11 bits per heavy atom. The highest BCUT2D eigenvalue weighted by Crippen LogP contribution is 2.18. The van der Waals surface area contributed by atoms with Crippen LogP contribution in [0.3, 0.4) is 0 Å². The largest absolute Gasteiger partial charge is 0.494 e. The van der Waals surface area contributed by atoms with Gasteiger partial charge < -0.3 is 15.0 Å². The molecule has 0 spiro atoms. The molecular weight excluding hydrogens is 240 g/mol. The van der Waals surface area contributed by atoms with Gasteiger partial charge >= 0.3 is 0 Å². The van der Waals surface area contributed by atoms with E-state index >= 15 is 0 Å². The summed E-state index contributed by atoms with van der Waals surface area (Å²) in [5.74, 6) is 0.789. The number of hydrogen-bond donors (Lipinski definition) is 1. The summed E-state index contributed by atoms with van der Waals surface area (Å²) in [6, 6.07) is 7.48. The standard InChI is InChI=1S/C15H20N2O2/c1-3-12(16)10-17-8-7-11-9-13(19-4-2)5-6-14(11)15(17)18/h5-9,12H,3-4,10,16H2,1-2H3. The van der Waals surface area contributed by atoms with Crippen molar-refractivity contribution in [2.45, 2.75) is 32.9 Å². The van der Waals surface area contributed by atoms with Gasteiger partial charge in [-0.1, -0.05) is 6.92 Å². The quantitative estimate of drug-likeness (QED) is 0.896. The molecule has 0 bridgehead atoms. The number of fused-ring (bicyclic) bond motifs is 1. The maximum atomic E-state index is 12.3. The summed E-state index contributed by atoms with van der Waals surface area (Å²) in [7, 11) is 0. The van der Waals surface area contributed by atoms with E-state index in [1.54, 1.807) is 10.8 Å². The van der Waals surface area contributed by atoms with Gasteiger partial charge in [0.15, 0.2) is 0 Å². The number of pyridine rings is 1. The highest BCUT2D eigenvalue weighted by Gasteiger charge is 2.06. The van der Waals surface area contributed by atoms with E-state index in [0.717, 1.165) is 17.6 Å². The zero-order valence-corrected chi connectivity index (χ0v) is 11.4. The number of rotatable bonds is 5. The lowest BCUT2D eigenvalue weighted by molar-refractivity contribution is 0.340. The summed E-state index contributed by atoms with van der Waals surface area (Å²) in [6.07, 6.45) is 2.66. The van der Waals surface area contributed by atoms with Crippen LogP contribution in [0.25, 0.3) is 10.8 Å². The second kappa shape index (κ2) is 5.89. The minimum absolute atomic E-state index is 0.00412. The van der Waals surface area contributed by atoms with Gasteiger partial charge in [0.2, 0.25) is 0 Å². The molecule has 2 N–H and O–H groups in total. The van der Waals surface area contributed by atoms with E-state index in [2.05, 4.69) is 0 Å². The summed E-state index contributed by atoms with van der Waals surface area (Å²) in [5, 5.41) is 1.60. The molecule has 1 unspecified atom stereocenters. The van der Waals surface area contributed by atoms with Crippen LogP contribution in [0.15, 0.2) is 35.3 Å². The van der Waals surface area contributed by atoms with Crippen LogP contribution in [0.2, 0.25) is 0 Å². The highest BCUT2D eigenvalue weighted by molar-refractivity contribution is 5.82. The first-order valence-corrected chi connectivity index (χ1v) is 6.67. The van der Waals surface area contributed by atoms with Crippen LogP contribution in [0.1, 0.15) is 20.3 Å². The molecule has 0 radical (unpaired) electrons. The molecule has 0 aliphatic carbocycles. The number of hydrogen-bond acceptors (Lipinski definition) is 3. The zero-order chi connectivity index (χ0) is 13.8. The van der Waals surface area contributed by atoms with E-state index in [-0.39, 0.29) is 11.6 Å². The van der Waals surface area contributed by atoms with E-state index < -0.39 is 0 Å². The molecule has 1 aromatic carbocycles. The number of nitrogens with zero attached hydrogens (tertiary/aromatic N) is 1. The first-order valence-electron chi connectivity index (χ1n) is 6.67. The highest BCUT2D eigenvalue weighted by atomic mass is 16.5. The Kier molecular flexibility index (Phi) is 4.22. The van der Waals surface area contributed by atoms with Crippen molar-refractivity contribution >= 4 is 10.8 Å². The Morgan fingerprint density at radius 3 is 2.79 bits per heavy atom. The Labute approximate surface area is 112 Å². The summed E-state index contributed by atoms with van der Waals surface area (Å²) in [4.78, 5) is 12.3. The van der Waals surface area contributed by atoms with Crippen molar-refractivity contribution in [3.05, 3.63) is 40.8 Å². The molecule has 0 saturated carbocycles. The fourth-order valence-corrected chi connectivity index (χ4v) is 2.05. The first kappa shape index (κ1) is 13.6. The monoisotopic (exact) mass is 260 g/mol. The van der Waals surface area contributed by atoms with E-state index in [4.69, 9.17) is 10.5 Å². The molecule has 0 fully saturated rings. The lowest BCUT2D eigenvalue weighted by atomic mass is 10.1. The molecule has 102 valence electrons. The molecule has 2 rings (SSSR count). The maximum Gasteiger partial charge on any atom is 0.258 e. The van der Waals surface area contributed by atoms with Crippen LogP contribution >= 0.6 is 0 Å². The van der Waals surface area contributed by atoms with Crippen molar-refractivity contribution < 1.29 is 4.74 Å². The van der Waals surface area contributed by atoms with Gasteiger partial charge in [-0.2, -0.15) is 0 Å². The molecule has 0 aliphatic heterocycles. The molecular formula is C15H20N2O2. The Hall–Kier alpha value is -1.81. The number of nitrogens with two attached hydrogens (primary N) is 1. The second-order valence-electron chi connectivity index (χ2n) is 4.62. The topological polar surface area (TPSA) is 57.2 Å². The fraction of sp³-hybridized carbons (Fsp3) is 0.400. The van der Waals surface area contributed by atoms with Gasteiger partial charge in [-0.15, -0.1) is 0 Å². The molecule has 1 heterocycles. The van der Waals surface area contributed by atoms with Crippen molar-refractivity contribution in [3.8, 4) is 5.75 Å². The molecule has 1 aromatic heterocycles. The van der Waals surface area contributed by atoms with Crippen molar-refractivity contribution in [1.82, 2.24) is 4.57 Å². The SMILES string of the molecule is CCOc1ccc2c(=O)n(CC(N)CC)ccc2c1. The third kappa shape index (κ3) is 2.96. The van der Waals surface area contributed by atoms with Crippen molar-refractivity contribution in [2.24, 2.45) is 5.73 Å². The third-order valence-electron chi connectivity index (χ3n) is 3.21. The normalized spacial score (nSPS) is 12.6. The van der Waals surface area contributed by atoms with Gasteiger partial charge in [0.05, 0.1) is 6.61 Å². The molecule has 19 heavy (non-hydrogen) atoms. The number of ether oxygens (including phenoxy) is 1. The van der Waals surface area contributed by atoms with Gasteiger partial charge in [0.25, 0.3) is 5.56 Å². The Balaban J connectivity index is 2.42. The van der Waals surface area contributed by atoms with E-state index in [1.807, 2.05) is 38.1 Å². The van der Waals surface area contributed by atoms with Crippen LogP contribution in [0, 0.1) is 0 Å². The van der Waals surface area contributed by atoms with Crippen LogP contribution in [-0.4, -0.2) is 17.2 Å². The second-order valence-corrected chi connectivity index (χ2v) is 4.62. The fourth-order valence-electron chi connectivity index (χ4n) is 2.05. The third-order valence-corrected chi connectivity index (χ3v) is 3.21. The summed E-state index contributed by atoms with van der Waals surface area (Å²) < 4.78 is 7.11. The predicted molar refractivity (Wildman–Crippen MR) is 77.6 cm³/mol. The van der Waals surface area contributed by atoms with Crippen LogP contribution in [0.5, 0.6) is 5.75 Å². The molecule has 1 atom stereocenters.